The molecule has 0 saturated carbocycles. The summed E-state index contributed by atoms with van der Waals surface area (Å²) in [4.78, 5) is 13.5. The zero-order valence-electron chi connectivity index (χ0n) is 9.05. The van der Waals surface area contributed by atoms with Gasteiger partial charge in [0.2, 0.25) is 5.22 Å². The van der Waals surface area contributed by atoms with E-state index in [1.807, 2.05) is 0 Å². The average molecular weight is 252 g/mol. The lowest BCUT2D eigenvalue weighted by Gasteiger charge is -2.16. The number of rotatable bonds is 2. The maximum absolute atomic E-state index is 12.0. The summed E-state index contributed by atoms with van der Waals surface area (Å²) in [5.74, 6) is -0.120. The first-order valence-corrected chi connectivity index (χ1v) is 5.27. The summed E-state index contributed by atoms with van der Waals surface area (Å²) in [7, 11) is 1.62. The van der Waals surface area contributed by atoms with E-state index in [0.29, 0.717) is 11.3 Å². The Morgan fingerprint density at radius 2 is 1.94 bits per heavy atom. The number of phenolic OH excluding ortho intramolecular Hbond substituents is 1. The first-order chi connectivity index (χ1) is 8.09. The maximum Gasteiger partial charge on any atom is 0.262 e. The Labute approximate surface area is 103 Å². The van der Waals surface area contributed by atoms with Gasteiger partial charge >= 0.3 is 0 Å². The fourth-order valence-corrected chi connectivity index (χ4v) is 1.62. The van der Waals surface area contributed by atoms with Gasteiger partial charge in [0.15, 0.2) is 0 Å². The van der Waals surface area contributed by atoms with E-state index in [4.69, 9.17) is 21.1 Å². The van der Waals surface area contributed by atoms with Crippen LogP contribution in [-0.2, 0) is 0 Å². The number of furan rings is 1. The lowest BCUT2D eigenvalue weighted by molar-refractivity contribution is 0.0992. The summed E-state index contributed by atoms with van der Waals surface area (Å²) in [6.45, 7) is 0. The SMILES string of the molecule is CN(C(=O)c1ccoc1Cl)c1ccc(O)cc1. The normalized spacial score (nSPS) is 10.2. The topological polar surface area (TPSA) is 53.7 Å². The van der Waals surface area contributed by atoms with E-state index in [0.717, 1.165) is 0 Å². The molecule has 0 saturated heterocycles. The Kier molecular flexibility index (Phi) is 3.06. The van der Waals surface area contributed by atoms with E-state index in [1.165, 1.54) is 29.4 Å². The molecule has 0 bridgehead atoms. The second-order valence-corrected chi connectivity index (χ2v) is 3.83. The third-order valence-electron chi connectivity index (χ3n) is 2.39. The largest absolute Gasteiger partial charge is 0.508 e. The second-order valence-electron chi connectivity index (χ2n) is 3.49. The predicted octanol–water partition coefficient (Wildman–Crippen LogP) is 2.92. The number of anilines is 1. The lowest BCUT2D eigenvalue weighted by atomic mass is 10.2. The molecule has 2 aromatic rings. The van der Waals surface area contributed by atoms with Gasteiger partial charge in [0, 0.05) is 12.7 Å². The number of nitrogens with zero attached hydrogens (tertiary/aromatic N) is 1. The van der Waals surface area contributed by atoms with Crippen LogP contribution in [0.4, 0.5) is 5.69 Å². The molecule has 0 aliphatic rings. The third-order valence-corrected chi connectivity index (χ3v) is 2.68. The van der Waals surface area contributed by atoms with Crippen LogP contribution in [0, 0.1) is 0 Å². The van der Waals surface area contributed by atoms with Gasteiger partial charge in [-0.3, -0.25) is 4.79 Å². The highest BCUT2D eigenvalue weighted by Gasteiger charge is 2.18. The molecule has 0 fully saturated rings. The van der Waals surface area contributed by atoms with Crippen molar-refractivity contribution >= 4 is 23.2 Å². The van der Waals surface area contributed by atoms with E-state index in [9.17, 15) is 4.79 Å². The molecule has 1 N–H and O–H groups in total. The maximum atomic E-state index is 12.0. The molecular formula is C12H10ClNO3. The van der Waals surface area contributed by atoms with Crippen molar-refractivity contribution in [2.75, 3.05) is 11.9 Å². The highest BCUT2D eigenvalue weighted by atomic mass is 35.5. The Hall–Kier alpha value is -1.94. The van der Waals surface area contributed by atoms with Crippen molar-refractivity contribution in [3.05, 3.63) is 47.4 Å². The van der Waals surface area contributed by atoms with Gasteiger partial charge < -0.3 is 14.4 Å². The quantitative estimate of drug-likeness (QED) is 0.893. The highest BCUT2D eigenvalue weighted by molar-refractivity contribution is 6.32. The van der Waals surface area contributed by atoms with E-state index in [-0.39, 0.29) is 16.9 Å². The molecule has 1 aromatic carbocycles. The number of phenols is 1. The van der Waals surface area contributed by atoms with Crippen LogP contribution >= 0.6 is 11.6 Å². The Morgan fingerprint density at radius 1 is 1.29 bits per heavy atom. The van der Waals surface area contributed by atoms with Crippen LogP contribution in [0.15, 0.2) is 41.0 Å². The number of carbonyl (C=O) groups excluding carboxylic acids is 1. The number of halogens is 1. The molecule has 0 atom stereocenters. The van der Waals surface area contributed by atoms with E-state index >= 15 is 0 Å². The Balaban J connectivity index is 2.26. The van der Waals surface area contributed by atoms with Gasteiger partial charge in [-0.15, -0.1) is 0 Å². The number of hydrogen-bond donors (Lipinski definition) is 1. The molecule has 88 valence electrons. The minimum atomic E-state index is -0.269. The molecule has 0 aliphatic carbocycles. The van der Waals surface area contributed by atoms with Crippen LogP contribution in [-0.4, -0.2) is 18.1 Å². The fourth-order valence-electron chi connectivity index (χ4n) is 1.42. The molecule has 1 heterocycles. The van der Waals surface area contributed by atoms with Crippen molar-refractivity contribution in [2.24, 2.45) is 0 Å². The third kappa shape index (κ3) is 2.26. The summed E-state index contributed by atoms with van der Waals surface area (Å²) >= 11 is 5.74. The first kappa shape index (κ1) is 11.5. The summed E-state index contributed by atoms with van der Waals surface area (Å²) in [5, 5.41) is 9.24. The predicted molar refractivity (Wildman–Crippen MR) is 64.6 cm³/mol. The molecule has 17 heavy (non-hydrogen) atoms. The van der Waals surface area contributed by atoms with Crippen molar-refractivity contribution in [2.45, 2.75) is 0 Å². The average Bonchev–Trinajstić information content (AvgIpc) is 2.74. The van der Waals surface area contributed by atoms with E-state index in [1.54, 1.807) is 19.2 Å². The summed E-state index contributed by atoms with van der Waals surface area (Å²) in [6, 6.07) is 7.82. The number of aromatic hydroxyl groups is 1. The van der Waals surface area contributed by atoms with Crippen LogP contribution in [0.25, 0.3) is 0 Å². The van der Waals surface area contributed by atoms with Gasteiger partial charge in [0.1, 0.15) is 5.75 Å². The molecule has 5 heteroatoms. The minimum absolute atomic E-state index is 0.0700. The number of benzene rings is 1. The molecule has 4 nitrogen and oxygen atoms in total. The minimum Gasteiger partial charge on any atom is -0.508 e. The molecule has 1 amide bonds. The van der Waals surface area contributed by atoms with Crippen molar-refractivity contribution in [1.82, 2.24) is 0 Å². The van der Waals surface area contributed by atoms with Gasteiger partial charge in [0.25, 0.3) is 5.91 Å². The zero-order chi connectivity index (χ0) is 12.4. The smallest absolute Gasteiger partial charge is 0.262 e. The molecule has 2 rings (SSSR count). The van der Waals surface area contributed by atoms with Crippen molar-refractivity contribution in [1.29, 1.82) is 0 Å². The van der Waals surface area contributed by atoms with Crippen LogP contribution in [0.5, 0.6) is 5.75 Å². The Morgan fingerprint density at radius 3 is 2.47 bits per heavy atom. The van der Waals surface area contributed by atoms with Gasteiger partial charge in [-0.05, 0) is 41.9 Å². The summed E-state index contributed by atoms with van der Waals surface area (Å²) in [5.41, 5.74) is 0.965. The molecule has 0 spiro atoms. The van der Waals surface area contributed by atoms with Crippen LogP contribution in [0.1, 0.15) is 10.4 Å². The molecule has 1 aromatic heterocycles. The van der Waals surface area contributed by atoms with Gasteiger partial charge in [-0.1, -0.05) is 0 Å². The van der Waals surface area contributed by atoms with Gasteiger partial charge in [-0.2, -0.15) is 0 Å². The number of carbonyl (C=O) groups is 1. The van der Waals surface area contributed by atoms with E-state index < -0.39 is 0 Å². The van der Waals surface area contributed by atoms with Crippen molar-refractivity contribution in [3.8, 4) is 5.75 Å². The van der Waals surface area contributed by atoms with Gasteiger partial charge in [0.05, 0.1) is 11.8 Å². The van der Waals surface area contributed by atoms with E-state index in [2.05, 4.69) is 0 Å². The van der Waals surface area contributed by atoms with Crippen LogP contribution < -0.4 is 4.90 Å². The lowest BCUT2D eigenvalue weighted by Crippen LogP contribution is -2.25. The number of amides is 1. The van der Waals surface area contributed by atoms with Crippen LogP contribution in [0.3, 0.4) is 0 Å². The fraction of sp³-hybridized carbons (Fsp3) is 0.0833. The monoisotopic (exact) mass is 251 g/mol. The Bertz CT molecular complexity index is 533. The molecular weight excluding hydrogens is 242 g/mol. The zero-order valence-corrected chi connectivity index (χ0v) is 9.81. The molecule has 0 radical (unpaired) electrons. The van der Waals surface area contributed by atoms with Crippen LogP contribution in [0.2, 0.25) is 5.22 Å². The summed E-state index contributed by atoms with van der Waals surface area (Å²) < 4.78 is 4.87. The number of hydrogen-bond acceptors (Lipinski definition) is 3. The van der Waals surface area contributed by atoms with Gasteiger partial charge in [-0.25, -0.2) is 0 Å². The highest BCUT2D eigenvalue weighted by Crippen LogP contribution is 2.22. The summed E-state index contributed by atoms with van der Waals surface area (Å²) in [6.07, 6.45) is 1.36. The molecule has 0 aliphatic heterocycles. The van der Waals surface area contributed by atoms with Crippen molar-refractivity contribution < 1.29 is 14.3 Å². The first-order valence-electron chi connectivity index (χ1n) is 4.89. The second kappa shape index (κ2) is 4.51. The molecule has 0 unspecified atom stereocenters. The standard InChI is InChI=1S/C12H10ClNO3/c1-14(8-2-4-9(15)5-3-8)12(16)10-6-7-17-11(10)13/h2-7,15H,1H3. The van der Waals surface area contributed by atoms with Crippen molar-refractivity contribution in [3.63, 3.8) is 0 Å².